The number of fused-ring (bicyclic) bond motifs is 1. The molecule has 3 nitrogen and oxygen atoms in total. The number of carbonyl (C=O) groups is 1. The van der Waals surface area contributed by atoms with Crippen molar-refractivity contribution in [1.29, 1.82) is 0 Å². The number of carbonyl (C=O) groups excluding carboxylic acids is 1. The third-order valence-electron chi connectivity index (χ3n) is 3.40. The van der Waals surface area contributed by atoms with Crippen LogP contribution in [0.3, 0.4) is 0 Å². The second-order valence-electron chi connectivity index (χ2n) is 4.61. The van der Waals surface area contributed by atoms with Crippen molar-refractivity contribution in [2.24, 2.45) is 5.73 Å². The molecule has 0 bridgehead atoms. The Bertz CT molecular complexity index is 483. The van der Waals surface area contributed by atoms with E-state index in [4.69, 9.17) is 17.3 Å². The van der Waals surface area contributed by atoms with E-state index in [0.29, 0.717) is 5.02 Å². The van der Waals surface area contributed by atoms with Crippen LogP contribution in [-0.2, 0) is 4.79 Å². The summed E-state index contributed by atoms with van der Waals surface area (Å²) in [6.45, 7) is 5.83. The van der Waals surface area contributed by atoms with Crippen LogP contribution < -0.4 is 11.1 Å². The summed E-state index contributed by atoms with van der Waals surface area (Å²) < 4.78 is 0. The molecule has 1 heterocycles. The monoisotopic (exact) mass is 252 g/mol. The van der Waals surface area contributed by atoms with E-state index in [0.717, 1.165) is 28.8 Å². The molecule has 3 N–H and O–H groups in total. The number of hydrogen-bond acceptors (Lipinski definition) is 2. The summed E-state index contributed by atoms with van der Waals surface area (Å²) in [6.07, 6.45) is 0.790. The second-order valence-corrected chi connectivity index (χ2v) is 4.99. The third-order valence-corrected chi connectivity index (χ3v) is 3.90. The highest BCUT2D eigenvalue weighted by atomic mass is 35.5. The molecular formula is C13H17ClN2O. The van der Waals surface area contributed by atoms with Crippen molar-refractivity contribution in [2.45, 2.75) is 39.2 Å². The minimum atomic E-state index is -0.125. The summed E-state index contributed by atoms with van der Waals surface area (Å²) in [4.78, 5) is 11.8. The first kappa shape index (κ1) is 12.4. The first-order chi connectivity index (χ1) is 7.97. The zero-order valence-electron chi connectivity index (χ0n) is 10.3. The van der Waals surface area contributed by atoms with Crippen LogP contribution in [0, 0.1) is 6.92 Å². The highest BCUT2D eigenvalue weighted by molar-refractivity contribution is 6.33. The van der Waals surface area contributed by atoms with Gasteiger partial charge in [-0.15, -0.1) is 0 Å². The minimum absolute atomic E-state index is 0.0588. The minimum Gasteiger partial charge on any atom is -0.325 e. The number of rotatable bonds is 2. The predicted octanol–water partition coefficient (Wildman–Crippen LogP) is 3.11. The summed E-state index contributed by atoms with van der Waals surface area (Å²) in [5.74, 6) is -0.0121. The van der Waals surface area contributed by atoms with Gasteiger partial charge in [-0.3, -0.25) is 4.79 Å². The summed E-state index contributed by atoms with van der Waals surface area (Å²) in [5, 5.41) is 3.57. The van der Waals surface area contributed by atoms with E-state index in [2.05, 4.69) is 5.32 Å². The molecule has 1 aromatic carbocycles. The summed E-state index contributed by atoms with van der Waals surface area (Å²) >= 11 is 6.28. The maximum absolute atomic E-state index is 11.8. The van der Waals surface area contributed by atoms with Crippen LogP contribution in [0.15, 0.2) is 6.07 Å². The van der Waals surface area contributed by atoms with Gasteiger partial charge in [-0.2, -0.15) is 0 Å². The van der Waals surface area contributed by atoms with E-state index in [1.807, 2.05) is 26.8 Å². The highest BCUT2D eigenvalue weighted by Crippen LogP contribution is 2.42. The fourth-order valence-electron chi connectivity index (χ4n) is 2.37. The molecule has 2 atom stereocenters. The van der Waals surface area contributed by atoms with Crippen LogP contribution in [0.5, 0.6) is 0 Å². The number of halogens is 1. The van der Waals surface area contributed by atoms with Crippen LogP contribution in [-0.4, -0.2) is 5.91 Å². The highest BCUT2D eigenvalue weighted by Gasteiger charge is 2.32. The van der Waals surface area contributed by atoms with Crippen molar-refractivity contribution in [3.05, 3.63) is 27.8 Å². The van der Waals surface area contributed by atoms with Gasteiger partial charge in [0.2, 0.25) is 5.91 Å². The molecule has 1 amide bonds. The zero-order valence-corrected chi connectivity index (χ0v) is 11.1. The number of nitrogens with two attached hydrogens (primary N) is 1. The maximum Gasteiger partial charge on any atom is 0.232 e. The third kappa shape index (κ3) is 1.83. The zero-order chi connectivity index (χ0) is 12.7. The molecular weight excluding hydrogens is 236 g/mol. The van der Waals surface area contributed by atoms with E-state index in [1.165, 1.54) is 0 Å². The topological polar surface area (TPSA) is 55.1 Å². The first-order valence-electron chi connectivity index (χ1n) is 5.86. The van der Waals surface area contributed by atoms with Crippen molar-refractivity contribution in [3.8, 4) is 0 Å². The van der Waals surface area contributed by atoms with Gasteiger partial charge in [0.05, 0.1) is 10.9 Å². The van der Waals surface area contributed by atoms with Gasteiger partial charge in [-0.05, 0) is 43.0 Å². The van der Waals surface area contributed by atoms with Crippen molar-refractivity contribution < 1.29 is 4.79 Å². The number of anilines is 1. The van der Waals surface area contributed by atoms with Gasteiger partial charge < -0.3 is 11.1 Å². The van der Waals surface area contributed by atoms with Crippen molar-refractivity contribution in [1.82, 2.24) is 0 Å². The average Bonchev–Trinajstić information content (AvgIpc) is 2.59. The van der Waals surface area contributed by atoms with Gasteiger partial charge in [0.25, 0.3) is 0 Å². The van der Waals surface area contributed by atoms with Crippen molar-refractivity contribution >= 4 is 23.2 Å². The Morgan fingerprint density at radius 2 is 2.24 bits per heavy atom. The summed E-state index contributed by atoms with van der Waals surface area (Å²) in [6, 6.07) is 1.85. The average molecular weight is 253 g/mol. The summed E-state index contributed by atoms with van der Waals surface area (Å²) in [5.41, 5.74) is 9.65. The van der Waals surface area contributed by atoms with E-state index < -0.39 is 0 Å². The summed E-state index contributed by atoms with van der Waals surface area (Å²) in [7, 11) is 0. The normalized spacial score (nSPS) is 20.1. The largest absolute Gasteiger partial charge is 0.325 e. The standard InChI is InChI=1S/C13H17ClN2O/c1-4-8-10-5-9(7(3)15)11(14)6(2)12(10)16-13(8)17/h5,7-8H,4,15H2,1-3H3,(H,16,17). The van der Waals surface area contributed by atoms with Gasteiger partial charge >= 0.3 is 0 Å². The SMILES string of the molecule is CCC1C(=O)Nc2c1cc(C(C)N)c(Cl)c2C. The molecule has 0 aromatic heterocycles. The van der Waals surface area contributed by atoms with Gasteiger partial charge in [-0.25, -0.2) is 0 Å². The molecule has 0 spiro atoms. The Morgan fingerprint density at radius 1 is 1.59 bits per heavy atom. The van der Waals surface area contributed by atoms with Gasteiger partial charge in [-0.1, -0.05) is 18.5 Å². The molecule has 4 heteroatoms. The Morgan fingerprint density at radius 3 is 2.76 bits per heavy atom. The molecule has 17 heavy (non-hydrogen) atoms. The molecule has 1 aromatic rings. The van der Waals surface area contributed by atoms with Crippen LogP contribution in [0.1, 0.15) is 48.9 Å². The fraction of sp³-hybridized carbons (Fsp3) is 0.462. The molecule has 1 aliphatic heterocycles. The van der Waals surface area contributed by atoms with E-state index in [9.17, 15) is 4.79 Å². The first-order valence-corrected chi connectivity index (χ1v) is 6.24. The Balaban J connectivity index is 2.64. The molecule has 92 valence electrons. The lowest BCUT2D eigenvalue weighted by atomic mass is 9.92. The quantitative estimate of drug-likeness (QED) is 0.850. The molecule has 0 radical (unpaired) electrons. The number of benzene rings is 1. The molecule has 0 aliphatic carbocycles. The van der Waals surface area contributed by atoms with Crippen molar-refractivity contribution in [3.63, 3.8) is 0 Å². The lowest BCUT2D eigenvalue weighted by molar-refractivity contribution is -0.117. The Hall–Kier alpha value is -1.06. The van der Waals surface area contributed by atoms with Crippen LogP contribution >= 0.6 is 11.6 Å². The van der Waals surface area contributed by atoms with Crippen molar-refractivity contribution in [2.75, 3.05) is 5.32 Å². The Labute approximate surface area is 106 Å². The fourth-order valence-corrected chi connectivity index (χ4v) is 2.70. The lowest BCUT2D eigenvalue weighted by Crippen LogP contribution is -2.11. The molecule has 2 unspecified atom stereocenters. The molecule has 2 rings (SSSR count). The lowest BCUT2D eigenvalue weighted by Gasteiger charge is -2.15. The number of hydrogen-bond donors (Lipinski definition) is 2. The molecule has 1 aliphatic rings. The van der Waals surface area contributed by atoms with Crippen LogP contribution in [0.25, 0.3) is 0 Å². The van der Waals surface area contributed by atoms with E-state index >= 15 is 0 Å². The van der Waals surface area contributed by atoms with E-state index in [1.54, 1.807) is 0 Å². The van der Waals surface area contributed by atoms with E-state index in [-0.39, 0.29) is 17.9 Å². The van der Waals surface area contributed by atoms with Gasteiger partial charge in [0.1, 0.15) is 0 Å². The Kier molecular flexibility index (Phi) is 3.15. The molecule has 0 fully saturated rings. The van der Waals surface area contributed by atoms with Gasteiger partial charge in [0.15, 0.2) is 0 Å². The smallest absolute Gasteiger partial charge is 0.232 e. The molecule has 0 saturated heterocycles. The van der Waals surface area contributed by atoms with Crippen LogP contribution in [0.4, 0.5) is 5.69 Å². The van der Waals surface area contributed by atoms with Crippen LogP contribution in [0.2, 0.25) is 5.02 Å². The number of nitrogens with one attached hydrogen (secondary N) is 1. The maximum atomic E-state index is 11.8. The second kappa shape index (κ2) is 4.31. The molecule has 0 saturated carbocycles. The number of amides is 1. The predicted molar refractivity (Wildman–Crippen MR) is 70.5 cm³/mol. The van der Waals surface area contributed by atoms with Gasteiger partial charge in [0, 0.05) is 11.7 Å².